The third-order valence-corrected chi connectivity index (χ3v) is 6.26. The highest BCUT2D eigenvalue weighted by Gasteiger charge is 2.24. The first-order valence-corrected chi connectivity index (χ1v) is 9.62. The van der Waals surface area contributed by atoms with Crippen molar-refractivity contribution in [2.45, 2.75) is 18.7 Å². The molecule has 5 nitrogen and oxygen atoms in total. The number of aromatic nitrogens is 2. The minimum Gasteiger partial charge on any atom is -0.345 e. The second-order valence-electron chi connectivity index (χ2n) is 5.56. The lowest BCUT2D eigenvalue weighted by molar-refractivity contribution is 0.582. The van der Waals surface area contributed by atoms with Gasteiger partial charge in [0, 0.05) is 29.9 Å². The number of anilines is 1. The summed E-state index contributed by atoms with van der Waals surface area (Å²) in [5.41, 5.74) is 1.67. The molecule has 0 amide bonds. The van der Waals surface area contributed by atoms with E-state index in [1.54, 1.807) is 18.5 Å². The molecular weight excluding hydrogens is 368 g/mol. The minimum atomic E-state index is -4.04. The zero-order valence-electron chi connectivity index (χ0n) is 13.7. The van der Waals surface area contributed by atoms with Gasteiger partial charge in [-0.25, -0.2) is 22.2 Å². The number of aryl methyl sites for hydroxylation is 1. The number of hydrogen-bond acceptors (Lipinski definition) is 4. The van der Waals surface area contributed by atoms with Crippen molar-refractivity contribution in [3.8, 4) is 10.7 Å². The lowest BCUT2D eigenvalue weighted by atomic mass is 10.3. The van der Waals surface area contributed by atoms with Crippen LogP contribution in [0.25, 0.3) is 10.7 Å². The van der Waals surface area contributed by atoms with Crippen molar-refractivity contribution in [2.75, 3.05) is 4.72 Å². The summed E-state index contributed by atoms with van der Waals surface area (Å²) in [6.45, 7) is 3.51. The van der Waals surface area contributed by atoms with Gasteiger partial charge in [-0.1, -0.05) is 0 Å². The average molecular weight is 383 g/mol. The van der Waals surface area contributed by atoms with Crippen LogP contribution in [0.1, 0.15) is 11.4 Å². The van der Waals surface area contributed by atoms with Crippen LogP contribution < -0.4 is 4.72 Å². The van der Waals surface area contributed by atoms with E-state index in [0.717, 1.165) is 17.8 Å². The Morgan fingerprint density at radius 3 is 2.52 bits per heavy atom. The normalized spacial score (nSPS) is 11.7. The van der Waals surface area contributed by atoms with Crippen LogP contribution >= 0.6 is 11.3 Å². The zero-order chi connectivity index (χ0) is 18.4. The second kappa shape index (κ2) is 6.23. The number of halogens is 2. The summed E-state index contributed by atoms with van der Waals surface area (Å²) in [5.74, 6) is -1.76. The van der Waals surface area contributed by atoms with Crippen LogP contribution in [0.5, 0.6) is 0 Å². The van der Waals surface area contributed by atoms with Crippen LogP contribution in [0.4, 0.5) is 14.5 Å². The molecule has 0 radical (unpaired) electrons. The molecule has 132 valence electrons. The van der Waals surface area contributed by atoms with Crippen LogP contribution in [0.15, 0.2) is 34.5 Å². The van der Waals surface area contributed by atoms with Crippen molar-refractivity contribution in [2.24, 2.45) is 7.05 Å². The Labute approximate surface area is 148 Å². The Balaban J connectivity index is 2.03. The van der Waals surface area contributed by atoms with Gasteiger partial charge in [0.15, 0.2) is 0 Å². The van der Waals surface area contributed by atoms with E-state index in [1.807, 2.05) is 12.3 Å². The molecular formula is C16H15F2N3O2S2. The van der Waals surface area contributed by atoms with E-state index in [0.29, 0.717) is 22.5 Å². The Morgan fingerprint density at radius 1 is 1.20 bits per heavy atom. The first kappa shape index (κ1) is 17.6. The molecule has 0 saturated carbocycles. The van der Waals surface area contributed by atoms with Crippen LogP contribution in [0.2, 0.25) is 0 Å². The van der Waals surface area contributed by atoms with Gasteiger partial charge in [0.2, 0.25) is 0 Å². The Kier molecular flexibility index (Phi) is 4.38. The highest BCUT2D eigenvalue weighted by Crippen LogP contribution is 2.31. The third kappa shape index (κ3) is 3.29. The topological polar surface area (TPSA) is 64.0 Å². The van der Waals surface area contributed by atoms with E-state index >= 15 is 0 Å². The van der Waals surface area contributed by atoms with Gasteiger partial charge in [0.1, 0.15) is 21.5 Å². The second-order valence-corrected chi connectivity index (χ2v) is 8.07. The summed E-state index contributed by atoms with van der Waals surface area (Å²) in [6, 6.07) is 4.16. The standard InChI is InChI=1S/C16H15F2N3O2S2/c1-9-8-24-16(19-9)14-7-15(10(2)21(14)3)25(22,23)20-13-5-4-11(17)6-12(13)18/h4-8,20H,1-3H3. The quantitative estimate of drug-likeness (QED) is 0.744. The molecule has 2 aromatic heterocycles. The molecule has 0 saturated heterocycles. The summed E-state index contributed by atoms with van der Waals surface area (Å²) in [4.78, 5) is 4.38. The number of nitrogens with zero attached hydrogens (tertiary/aromatic N) is 2. The smallest absolute Gasteiger partial charge is 0.263 e. The zero-order valence-corrected chi connectivity index (χ0v) is 15.3. The summed E-state index contributed by atoms with van der Waals surface area (Å²) in [5, 5.41) is 2.57. The fourth-order valence-corrected chi connectivity index (χ4v) is 4.60. The minimum absolute atomic E-state index is 0.0154. The van der Waals surface area contributed by atoms with Crippen LogP contribution in [0, 0.1) is 25.5 Å². The van der Waals surface area contributed by atoms with Crippen molar-refractivity contribution in [1.82, 2.24) is 9.55 Å². The Bertz CT molecular complexity index is 1060. The molecule has 1 N–H and O–H groups in total. The lowest BCUT2D eigenvalue weighted by Crippen LogP contribution is -2.15. The van der Waals surface area contributed by atoms with Crippen molar-refractivity contribution in [3.05, 3.63) is 52.7 Å². The molecule has 9 heteroatoms. The van der Waals surface area contributed by atoms with E-state index in [9.17, 15) is 17.2 Å². The number of rotatable bonds is 4. The molecule has 0 spiro atoms. The Hall–Kier alpha value is -2.26. The predicted octanol–water partition coefficient (Wildman–Crippen LogP) is 3.84. The molecule has 0 fully saturated rings. The van der Waals surface area contributed by atoms with Gasteiger partial charge >= 0.3 is 0 Å². The molecule has 0 aliphatic heterocycles. The van der Waals surface area contributed by atoms with E-state index in [1.165, 1.54) is 17.4 Å². The molecule has 3 rings (SSSR count). The lowest BCUT2D eigenvalue weighted by Gasteiger charge is -2.09. The molecule has 3 aromatic rings. The van der Waals surface area contributed by atoms with Crippen molar-refractivity contribution < 1.29 is 17.2 Å². The maximum Gasteiger partial charge on any atom is 0.263 e. The van der Waals surface area contributed by atoms with Gasteiger partial charge in [-0.15, -0.1) is 11.3 Å². The SMILES string of the molecule is Cc1csc(-c2cc(S(=O)(=O)Nc3ccc(F)cc3F)c(C)n2C)n1. The van der Waals surface area contributed by atoms with Crippen molar-refractivity contribution in [1.29, 1.82) is 0 Å². The first-order valence-electron chi connectivity index (χ1n) is 7.26. The van der Waals surface area contributed by atoms with Gasteiger partial charge in [-0.05, 0) is 32.0 Å². The average Bonchev–Trinajstić information content (AvgIpc) is 3.07. The predicted molar refractivity (Wildman–Crippen MR) is 93.2 cm³/mol. The van der Waals surface area contributed by atoms with Crippen LogP contribution in [-0.4, -0.2) is 18.0 Å². The largest absolute Gasteiger partial charge is 0.345 e. The molecule has 0 unspecified atom stereocenters. The first-order chi connectivity index (χ1) is 11.7. The number of benzene rings is 1. The molecule has 2 heterocycles. The van der Waals surface area contributed by atoms with Crippen molar-refractivity contribution in [3.63, 3.8) is 0 Å². The highest BCUT2D eigenvalue weighted by atomic mass is 32.2. The van der Waals surface area contributed by atoms with E-state index in [-0.39, 0.29) is 10.6 Å². The summed E-state index contributed by atoms with van der Waals surface area (Å²) in [6.07, 6.45) is 0. The maximum atomic E-state index is 13.8. The molecule has 0 bridgehead atoms. The third-order valence-electron chi connectivity index (χ3n) is 3.79. The number of nitrogens with one attached hydrogen (secondary N) is 1. The van der Waals surface area contributed by atoms with Gasteiger partial charge in [0.05, 0.1) is 11.4 Å². The van der Waals surface area contributed by atoms with Gasteiger partial charge in [0.25, 0.3) is 10.0 Å². The van der Waals surface area contributed by atoms with Crippen molar-refractivity contribution >= 4 is 27.0 Å². The van der Waals surface area contributed by atoms with E-state index in [2.05, 4.69) is 9.71 Å². The fraction of sp³-hybridized carbons (Fsp3) is 0.188. The summed E-state index contributed by atoms with van der Waals surface area (Å²) < 4.78 is 56.0. The molecule has 0 atom stereocenters. The fourth-order valence-electron chi connectivity index (χ4n) is 2.39. The molecule has 25 heavy (non-hydrogen) atoms. The van der Waals surface area contributed by atoms with Gasteiger partial charge < -0.3 is 4.57 Å². The van der Waals surface area contributed by atoms with Crippen LogP contribution in [0.3, 0.4) is 0 Å². The monoisotopic (exact) mass is 383 g/mol. The maximum absolute atomic E-state index is 13.8. The van der Waals surface area contributed by atoms with Gasteiger partial charge in [-0.2, -0.15) is 0 Å². The Morgan fingerprint density at radius 2 is 1.92 bits per heavy atom. The molecule has 1 aromatic carbocycles. The number of hydrogen-bond donors (Lipinski definition) is 1. The van der Waals surface area contributed by atoms with Gasteiger partial charge in [-0.3, -0.25) is 4.72 Å². The molecule has 0 aliphatic carbocycles. The summed E-state index contributed by atoms with van der Waals surface area (Å²) in [7, 11) is -2.30. The highest BCUT2D eigenvalue weighted by molar-refractivity contribution is 7.92. The number of sulfonamides is 1. The number of thiazole rings is 1. The van der Waals surface area contributed by atoms with Crippen LogP contribution in [-0.2, 0) is 17.1 Å². The molecule has 0 aliphatic rings. The summed E-state index contributed by atoms with van der Waals surface area (Å²) >= 11 is 1.41. The van der Waals surface area contributed by atoms with E-state index < -0.39 is 21.7 Å². The van der Waals surface area contributed by atoms with E-state index in [4.69, 9.17) is 0 Å².